The Morgan fingerprint density at radius 3 is 2.65 bits per heavy atom. The van der Waals surface area contributed by atoms with Crippen LogP contribution in [0, 0.1) is 0 Å². The van der Waals surface area contributed by atoms with Gasteiger partial charge in [-0.1, -0.05) is 0 Å². The molecule has 0 aliphatic carbocycles. The van der Waals surface area contributed by atoms with Gasteiger partial charge >= 0.3 is 0 Å². The number of methoxy groups -OCH3 is 1. The predicted molar refractivity (Wildman–Crippen MR) is 75.6 cm³/mol. The second-order valence-corrected chi connectivity index (χ2v) is 7.47. The van der Waals surface area contributed by atoms with Crippen molar-refractivity contribution in [1.82, 2.24) is 10.2 Å². The molecule has 1 amide bonds. The summed E-state index contributed by atoms with van der Waals surface area (Å²) in [5.74, 6) is -0.531. The molecule has 0 saturated carbocycles. The Morgan fingerprint density at radius 1 is 1.45 bits per heavy atom. The van der Waals surface area contributed by atoms with E-state index < -0.39 is 21.3 Å². The van der Waals surface area contributed by atoms with E-state index >= 15 is 0 Å². The highest BCUT2D eigenvalue weighted by Gasteiger charge is 2.37. The van der Waals surface area contributed by atoms with Crippen LogP contribution < -0.4 is 5.32 Å². The zero-order valence-electron chi connectivity index (χ0n) is 11.4. The highest BCUT2D eigenvalue weighted by Crippen LogP contribution is 2.17. The monoisotopic (exact) mass is 328 g/mol. The van der Waals surface area contributed by atoms with E-state index in [9.17, 15) is 13.2 Å². The van der Waals surface area contributed by atoms with Gasteiger partial charge < -0.3 is 15.2 Å². The number of hydrogen-bond donors (Lipinski definition) is 2. The molecule has 20 heavy (non-hydrogen) atoms. The molecular weight excluding hydrogens is 308 g/mol. The lowest BCUT2D eigenvalue weighted by atomic mass is 10.2. The molecule has 0 radical (unpaired) electrons. The first-order chi connectivity index (χ1) is 9.38. The molecule has 1 rings (SSSR count). The third-order valence-electron chi connectivity index (χ3n) is 3.02. The van der Waals surface area contributed by atoms with E-state index in [1.54, 1.807) is 12.0 Å². The Labute approximate surface area is 124 Å². The van der Waals surface area contributed by atoms with Crippen molar-refractivity contribution < 1.29 is 23.1 Å². The highest BCUT2D eigenvalue weighted by atomic mass is 35.5. The number of halogens is 1. The van der Waals surface area contributed by atoms with Crippen LogP contribution in [0.15, 0.2) is 0 Å². The normalized spacial score (nSPS) is 25.0. The van der Waals surface area contributed by atoms with Gasteiger partial charge in [0.1, 0.15) is 0 Å². The first-order valence-electron chi connectivity index (χ1n) is 6.34. The first kappa shape index (κ1) is 17.6. The van der Waals surface area contributed by atoms with Crippen molar-refractivity contribution in [3.8, 4) is 0 Å². The predicted octanol–water partition coefficient (Wildman–Crippen LogP) is -1.55. The van der Waals surface area contributed by atoms with Gasteiger partial charge in [-0.05, 0) is 0 Å². The average molecular weight is 329 g/mol. The number of aliphatic hydroxyl groups excluding tert-OH is 1. The molecule has 0 spiro atoms. The maximum absolute atomic E-state index is 11.9. The summed E-state index contributed by atoms with van der Waals surface area (Å²) in [5.41, 5.74) is 0. The molecule has 9 heteroatoms. The maximum atomic E-state index is 11.9. The van der Waals surface area contributed by atoms with Crippen LogP contribution in [0.2, 0.25) is 0 Å². The number of nitrogens with zero attached hydrogens (tertiary/aromatic N) is 1. The summed E-state index contributed by atoms with van der Waals surface area (Å²) in [6.07, 6.45) is 0. The van der Waals surface area contributed by atoms with Gasteiger partial charge in [-0.3, -0.25) is 9.69 Å². The van der Waals surface area contributed by atoms with Crippen LogP contribution in [0.5, 0.6) is 0 Å². The number of sulfone groups is 1. The fourth-order valence-corrected chi connectivity index (χ4v) is 4.57. The number of aliphatic hydroxyl groups is 1. The summed E-state index contributed by atoms with van der Waals surface area (Å²) in [5, 5.41) is 11.0. The number of alkyl halides is 1. The molecule has 1 saturated heterocycles. The van der Waals surface area contributed by atoms with Gasteiger partial charge in [0.05, 0.1) is 42.7 Å². The second-order valence-electron chi connectivity index (χ2n) is 4.76. The van der Waals surface area contributed by atoms with E-state index in [2.05, 4.69) is 5.32 Å². The van der Waals surface area contributed by atoms with Crippen LogP contribution in [0.4, 0.5) is 0 Å². The van der Waals surface area contributed by atoms with E-state index in [0.29, 0.717) is 19.7 Å². The van der Waals surface area contributed by atoms with Crippen molar-refractivity contribution in [2.75, 3.05) is 51.5 Å². The third kappa shape index (κ3) is 5.92. The van der Waals surface area contributed by atoms with Crippen LogP contribution in [-0.4, -0.2) is 87.2 Å². The minimum absolute atomic E-state index is 0.0626. The van der Waals surface area contributed by atoms with Crippen LogP contribution in [0.3, 0.4) is 0 Å². The summed E-state index contributed by atoms with van der Waals surface area (Å²) in [7, 11) is -1.61. The Hall–Kier alpha value is -0.410. The Morgan fingerprint density at radius 2 is 2.15 bits per heavy atom. The lowest BCUT2D eigenvalue weighted by molar-refractivity contribution is -0.123. The summed E-state index contributed by atoms with van der Waals surface area (Å²) in [6.45, 7) is 1.32. The minimum atomic E-state index is -3.16. The van der Waals surface area contributed by atoms with Crippen LogP contribution in [0.1, 0.15) is 0 Å². The average Bonchev–Trinajstić information content (AvgIpc) is 2.59. The van der Waals surface area contributed by atoms with E-state index in [-0.39, 0.29) is 30.6 Å². The molecule has 0 bridgehead atoms. The maximum Gasteiger partial charge on any atom is 0.234 e. The van der Waals surface area contributed by atoms with Crippen molar-refractivity contribution in [1.29, 1.82) is 0 Å². The highest BCUT2D eigenvalue weighted by molar-refractivity contribution is 7.91. The molecule has 1 aliphatic rings. The van der Waals surface area contributed by atoms with Crippen molar-refractivity contribution in [3.05, 3.63) is 0 Å². The number of hydrogen-bond acceptors (Lipinski definition) is 6. The van der Waals surface area contributed by atoms with E-state index in [1.807, 2.05) is 0 Å². The van der Waals surface area contributed by atoms with Gasteiger partial charge in [-0.15, -0.1) is 11.6 Å². The van der Waals surface area contributed by atoms with Gasteiger partial charge in [0, 0.05) is 20.2 Å². The fraction of sp³-hybridized carbons (Fsp3) is 0.909. The van der Waals surface area contributed by atoms with Crippen LogP contribution >= 0.6 is 11.6 Å². The Bertz CT molecular complexity index is 417. The summed E-state index contributed by atoms with van der Waals surface area (Å²) in [4.78, 5) is 13.6. The van der Waals surface area contributed by atoms with Gasteiger partial charge in [-0.25, -0.2) is 8.42 Å². The molecular formula is C11H21ClN2O5S. The largest absolute Gasteiger partial charge is 0.395 e. The van der Waals surface area contributed by atoms with E-state index in [4.69, 9.17) is 21.4 Å². The molecule has 0 aromatic heterocycles. The lowest BCUT2D eigenvalue weighted by Crippen LogP contribution is -2.46. The zero-order chi connectivity index (χ0) is 15.2. The Kier molecular flexibility index (Phi) is 7.18. The lowest BCUT2D eigenvalue weighted by Gasteiger charge is -2.22. The Balaban J connectivity index is 2.45. The van der Waals surface area contributed by atoms with Crippen LogP contribution in [0.25, 0.3) is 0 Å². The van der Waals surface area contributed by atoms with Crippen molar-refractivity contribution in [2.45, 2.75) is 11.4 Å². The smallest absolute Gasteiger partial charge is 0.234 e. The summed E-state index contributed by atoms with van der Waals surface area (Å²) < 4.78 is 27.7. The molecule has 1 fully saturated rings. The molecule has 7 nitrogen and oxygen atoms in total. The zero-order valence-corrected chi connectivity index (χ0v) is 13.0. The fourth-order valence-electron chi connectivity index (χ4n) is 2.02. The number of carbonyl (C=O) groups is 1. The number of ether oxygens (including phenoxy) is 1. The van der Waals surface area contributed by atoms with Crippen molar-refractivity contribution in [2.24, 2.45) is 0 Å². The molecule has 0 aromatic rings. The SMILES string of the molecule is COCCN(CCO)CC(=O)NC1CS(=O)(=O)CC1Cl. The van der Waals surface area contributed by atoms with E-state index in [1.165, 1.54) is 0 Å². The van der Waals surface area contributed by atoms with Crippen molar-refractivity contribution in [3.63, 3.8) is 0 Å². The minimum Gasteiger partial charge on any atom is -0.395 e. The number of nitrogens with one attached hydrogen (secondary N) is 1. The van der Waals surface area contributed by atoms with Gasteiger partial charge in [0.25, 0.3) is 0 Å². The van der Waals surface area contributed by atoms with Crippen LogP contribution in [-0.2, 0) is 19.4 Å². The van der Waals surface area contributed by atoms with Gasteiger partial charge in [-0.2, -0.15) is 0 Å². The first-order valence-corrected chi connectivity index (χ1v) is 8.59. The van der Waals surface area contributed by atoms with E-state index in [0.717, 1.165) is 0 Å². The van der Waals surface area contributed by atoms with Gasteiger partial charge in [0.15, 0.2) is 9.84 Å². The molecule has 0 aromatic carbocycles. The topological polar surface area (TPSA) is 95.9 Å². The number of amides is 1. The third-order valence-corrected chi connectivity index (χ3v) is 5.40. The molecule has 2 unspecified atom stereocenters. The number of carbonyl (C=O) groups excluding carboxylic acids is 1. The standard InChI is InChI=1S/C11H21ClN2O5S/c1-19-5-3-14(2-4-15)6-11(16)13-10-8-20(17,18)7-9(10)12/h9-10,15H,2-8H2,1H3,(H,13,16). The van der Waals surface area contributed by atoms with Crippen molar-refractivity contribution >= 4 is 27.3 Å². The molecule has 118 valence electrons. The second kappa shape index (κ2) is 8.14. The quantitative estimate of drug-likeness (QED) is 0.524. The molecule has 1 aliphatic heterocycles. The van der Waals surface area contributed by atoms with Gasteiger partial charge in [0.2, 0.25) is 5.91 Å². The molecule has 1 heterocycles. The number of rotatable bonds is 8. The molecule has 2 atom stereocenters. The summed E-state index contributed by atoms with van der Waals surface area (Å²) >= 11 is 5.92. The molecule has 2 N–H and O–H groups in total. The summed E-state index contributed by atoms with van der Waals surface area (Å²) in [6, 6.07) is -0.549.